The normalized spacial score (nSPS) is 13.2. The second-order valence-electron chi connectivity index (χ2n) is 3.09. The van der Waals surface area contributed by atoms with E-state index in [1.165, 1.54) is 12.1 Å². The molecule has 0 bridgehead atoms. The van der Waals surface area contributed by atoms with Crippen molar-refractivity contribution in [3.63, 3.8) is 0 Å². The van der Waals surface area contributed by atoms with Gasteiger partial charge in [-0.25, -0.2) is 8.78 Å². The second-order valence-corrected chi connectivity index (χ2v) is 3.09. The molecule has 2 nitrogen and oxygen atoms in total. The highest BCUT2D eigenvalue weighted by Crippen LogP contribution is 2.22. The lowest BCUT2D eigenvalue weighted by molar-refractivity contribution is 0.151. The third-order valence-corrected chi connectivity index (χ3v) is 2.03. The predicted octanol–water partition coefficient (Wildman–Crippen LogP) is 2.01. The van der Waals surface area contributed by atoms with Gasteiger partial charge in [0.15, 0.2) is 0 Å². The molecule has 4 heteroatoms. The van der Waals surface area contributed by atoms with E-state index in [1.54, 1.807) is 12.1 Å². The Hall–Kier alpha value is -1.00. The van der Waals surface area contributed by atoms with Gasteiger partial charge < -0.3 is 10.8 Å². The Morgan fingerprint density at radius 1 is 1.29 bits per heavy atom. The van der Waals surface area contributed by atoms with Crippen molar-refractivity contribution in [2.45, 2.75) is 18.9 Å². The third kappa shape index (κ3) is 2.75. The lowest BCUT2D eigenvalue weighted by Gasteiger charge is -2.11. The maximum atomic E-state index is 12.3. The Labute approximate surface area is 81.4 Å². The average molecular weight is 201 g/mol. The van der Waals surface area contributed by atoms with E-state index >= 15 is 0 Å². The number of hydrogen-bond acceptors (Lipinski definition) is 2. The fourth-order valence-electron chi connectivity index (χ4n) is 1.23. The molecule has 14 heavy (non-hydrogen) atoms. The summed E-state index contributed by atoms with van der Waals surface area (Å²) in [4.78, 5) is 0. The van der Waals surface area contributed by atoms with E-state index in [4.69, 9.17) is 10.8 Å². The Morgan fingerprint density at radius 2 is 1.93 bits per heavy atom. The Morgan fingerprint density at radius 3 is 2.50 bits per heavy atom. The van der Waals surface area contributed by atoms with Crippen LogP contribution in [0.1, 0.15) is 30.0 Å². The van der Waals surface area contributed by atoms with Gasteiger partial charge in [-0.1, -0.05) is 18.2 Å². The van der Waals surface area contributed by atoms with Gasteiger partial charge in [0.1, 0.15) is 0 Å². The van der Waals surface area contributed by atoms with Gasteiger partial charge in [-0.3, -0.25) is 0 Å². The number of nitrogens with two attached hydrogens (primary N) is 1. The summed E-state index contributed by atoms with van der Waals surface area (Å²) in [6, 6.07) is 5.60. The van der Waals surface area contributed by atoms with Crippen LogP contribution in [0.25, 0.3) is 0 Å². The summed E-state index contributed by atoms with van der Waals surface area (Å²) in [5.41, 5.74) is 6.27. The van der Waals surface area contributed by atoms with Crippen LogP contribution in [0.3, 0.4) is 0 Å². The quantitative estimate of drug-likeness (QED) is 0.782. The molecular weight excluding hydrogens is 188 g/mol. The van der Waals surface area contributed by atoms with E-state index in [0.29, 0.717) is 12.0 Å². The van der Waals surface area contributed by atoms with Crippen molar-refractivity contribution >= 4 is 0 Å². The van der Waals surface area contributed by atoms with Crippen LogP contribution in [-0.4, -0.2) is 11.7 Å². The van der Waals surface area contributed by atoms with Crippen molar-refractivity contribution in [1.29, 1.82) is 0 Å². The minimum atomic E-state index is -2.48. The summed E-state index contributed by atoms with van der Waals surface area (Å²) in [5.74, 6) is 0. The zero-order valence-electron chi connectivity index (χ0n) is 7.66. The Balaban J connectivity index is 2.82. The minimum Gasteiger partial charge on any atom is -0.396 e. The second kappa shape index (κ2) is 5.02. The SMILES string of the molecule is NC(CCO)c1cccc(C(F)F)c1. The van der Waals surface area contributed by atoms with Crippen LogP contribution in [0.15, 0.2) is 24.3 Å². The van der Waals surface area contributed by atoms with E-state index in [-0.39, 0.29) is 18.2 Å². The summed E-state index contributed by atoms with van der Waals surface area (Å²) in [6.07, 6.45) is -2.09. The first-order valence-corrected chi connectivity index (χ1v) is 4.39. The maximum absolute atomic E-state index is 12.3. The monoisotopic (exact) mass is 201 g/mol. The summed E-state index contributed by atoms with van der Waals surface area (Å²) in [5, 5.41) is 8.65. The van der Waals surface area contributed by atoms with Gasteiger partial charge in [-0.2, -0.15) is 0 Å². The molecule has 0 aliphatic rings. The highest BCUT2D eigenvalue weighted by atomic mass is 19.3. The Kier molecular flexibility index (Phi) is 3.98. The first-order valence-electron chi connectivity index (χ1n) is 4.39. The lowest BCUT2D eigenvalue weighted by atomic mass is 10.0. The van der Waals surface area contributed by atoms with Gasteiger partial charge in [-0.05, 0) is 18.1 Å². The molecule has 0 saturated carbocycles. The van der Waals surface area contributed by atoms with Crippen LogP contribution in [0.2, 0.25) is 0 Å². The van der Waals surface area contributed by atoms with E-state index in [0.717, 1.165) is 0 Å². The molecule has 0 aliphatic heterocycles. The van der Waals surface area contributed by atoms with Crippen molar-refractivity contribution in [3.8, 4) is 0 Å². The number of halogens is 2. The molecule has 0 aliphatic carbocycles. The molecule has 3 N–H and O–H groups in total. The van der Waals surface area contributed by atoms with E-state index in [2.05, 4.69) is 0 Å². The number of aliphatic hydroxyl groups is 1. The summed E-state index contributed by atoms with van der Waals surface area (Å²) in [6.45, 7) is -0.0416. The number of rotatable bonds is 4. The summed E-state index contributed by atoms with van der Waals surface area (Å²) >= 11 is 0. The van der Waals surface area contributed by atoms with Crippen LogP contribution in [0, 0.1) is 0 Å². The minimum absolute atomic E-state index is 0.0316. The van der Waals surface area contributed by atoms with Gasteiger partial charge in [0.05, 0.1) is 0 Å². The summed E-state index contributed by atoms with van der Waals surface area (Å²) in [7, 11) is 0. The lowest BCUT2D eigenvalue weighted by Crippen LogP contribution is -2.12. The molecule has 0 fully saturated rings. The molecular formula is C10H13F2NO. The molecule has 0 radical (unpaired) electrons. The predicted molar refractivity (Wildman–Crippen MR) is 50.0 cm³/mol. The first kappa shape index (κ1) is 11.1. The van der Waals surface area contributed by atoms with Crippen molar-refractivity contribution in [2.24, 2.45) is 5.73 Å². The standard InChI is InChI=1S/C10H13F2NO/c11-10(12)8-3-1-2-7(6-8)9(13)4-5-14/h1-3,6,9-10,14H,4-5,13H2. The fraction of sp³-hybridized carbons (Fsp3) is 0.400. The van der Waals surface area contributed by atoms with Crippen LogP contribution < -0.4 is 5.73 Å². The molecule has 0 heterocycles. The van der Waals surface area contributed by atoms with Crippen LogP contribution in [-0.2, 0) is 0 Å². The maximum Gasteiger partial charge on any atom is 0.263 e. The fourth-order valence-corrected chi connectivity index (χ4v) is 1.23. The average Bonchev–Trinajstić information content (AvgIpc) is 2.18. The van der Waals surface area contributed by atoms with E-state index < -0.39 is 6.43 Å². The van der Waals surface area contributed by atoms with E-state index in [1.807, 2.05) is 0 Å². The van der Waals surface area contributed by atoms with Gasteiger partial charge in [-0.15, -0.1) is 0 Å². The smallest absolute Gasteiger partial charge is 0.263 e. The molecule has 1 unspecified atom stereocenters. The molecule has 1 aromatic carbocycles. The van der Waals surface area contributed by atoms with Gasteiger partial charge in [0, 0.05) is 18.2 Å². The first-order chi connectivity index (χ1) is 6.65. The van der Waals surface area contributed by atoms with Gasteiger partial charge >= 0.3 is 0 Å². The topological polar surface area (TPSA) is 46.2 Å². The van der Waals surface area contributed by atoms with Crippen LogP contribution in [0.4, 0.5) is 8.78 Å². The van der Waals surface area contributed by atoms with Gasteiger partial charge in [0.25, 0.3) is 6.43 Å². The van der Waals surface area contributed by atoms with Crippen molar-refractivity contribution in [1.82, 2.24) is 0 Å². The number of aliphatic hydroxyl groups excluding tert-OH is 1. The van der Waals surface area contributed by atoms with Crippen molar-refractivity contribution in [2.75, 3.05) is 6.61 Å². The number of benzene rings is 1. The molecule has 0 aromatic heterocycles. The van der Waals surface area contributed by atoms with Crippen LogP contribution in [0.5, 0.6) is 0 Å². The third-order valence-electron chi connectivity index (χ3n) is 2.03. The number of hydrogen-bond donors (Lipinski definition) is 2. The number of alkyl halides is 2. The Bertz CT molecular complexity index is 291. The molecule has 0 saturated heterocycles. The molecule has 1 aromatic rings. The van der Waals surface area contributed by atoms with Crippen molar-refractivity contribution in [3.05, 3.63) is 35.4 Å². The van der Waals surface area contributed by atoms with Crippen LogP contribution >= 0.6 is 0 Å². The van der Waals surface area contributed by atoms with Gasteiger partial charge in [0.2, 0.25) is 0 Å². The zero-order chi connectivity index (χ0) is 10.6. The van der Waals surface area contributed by atoms with Crippen molar-refractivity contribution < 1.29 is 13.9 Å². The molecule has 1 atom stereocenters. The molecule has 0 amide bonds. The molecule has 0 spiro atoms. The largest absolute Gasteiger partial charge is 0.396 e. The molecule has 1 rings (SSSR count). The highest BCUT2D eigenvalue weighted by molar-refractivity contribution is 5.26. The summed E-state index contributed by atoms with van der Waals surface area (Å²) < 4.78 is 24.6. The zero-order valence-corrected chi connectivity index (χ0v) is 7.66. The van der Waals surface area contributed by atoms with E-state index in [9.17, 15) is 8.78 Å². The highest BCUT2D eigenvalue weighted by Gasteiger charge is 2.10. The molecule has 78 valence electrons.